The van der Waals surface area contributed by atoms with E-state index in [1.165, 1.54) is 36.4 Å². The molecule has 0 amide bonds. The van der Waals surface area contributed by atoms with Gasteiger partial charge in [-0.2, -0.15) is 4.98 Å². The zero-order valence-electron chi connectivity index (χ0n) is 12.9. The van der Waals surface area contributed by atoms with Crippen molar-refractivity contribution < 1.29 is 23.4 Å². The Kier molecular flexibility index (Phi) is 4.90. The minimum absolute atomic E-state index is 0.0149. The third-order valence-corrected chi connectivity index (χ3v) is 3.60. The molecule has 3 aromatic rings. The van der Waals surface area contributed by atoms with Gasteiger partial charge in [-0.15, -0.1) is 0 Å². The Bertz CT molecular complexity index is 974. The molecule has 0 unspecified atom stereocenters. The van der Waals surface area contributed by atoms with E-state index in [0.717, 1.165) is 6.07 Å². The van der Waals surface area contributed by atoms with Crippen LogP contribution in [0.2, 0.25) is 5.02 Å². The van der Waals surface area contributed by atoms with Gasteiger partial charge < -0.3 is 9.26 Å². The summed E-state index contributed by atoms with van der Waals surface area (Å²) >= 11 is 5.69. The van der Waals surface area contributed by atoms with Crippen molar-refractivity contribution in [1.29, 1.82) is 0 Å². The second kappa shape index (κ2) is 7.28. The minimum Gasteiger partial charge on any atom is -0.452 e. The number of nitrogens with zero attached hydrogens (tertiary/aromatic N) is 3. The highest BCUT2D eigenvalue weighted by atomic mass is 35.5. The van der Waals surface area contributed by atoms with Crippen LogP contribution in [0, 0.1) is 15.9 Å². The molecule has 0 aliphatic heterocycles. The predicted molar refractivity (Wildman–Crippen MR) is 86.9 cm³/mol. The number of halogens is 2. The molecular weight excluding hydrogens is 369 g/mol. The lowest BCUT2D eigenvalue weighted by Crippen LogP contribution is -2.06. The topological polar surface area (TPSA) is 108 Å². The van der Waals surface area contributed by atoms with E-state index in [1.807, 2.05) is 0 Å². The summed E-state index contributed by atoms with van der Waals surface area (Å²) in [4.78, 5) is 26.2. The molecule has 0 bridgehead atoms. The van der Waals surface area contributed by atoms with Crippen molar-refractivity contribution in [3.05, 3.63) is 74.9 Å². The molecule has 132 valence electrons. The van der Waals surface area contributed by atoms with Gasteiger partial charge in [-0.25, -0.2) is 9.18 Å². The van der Waals surface area contributed by atoms with Gasteiger partial charge in [0, 0.05) is 11.6 Å². The molecule has 0 saturated heterocycles. The maximum Gasteiger partial charge on any atom is 0.338 e. The summed E-state index contributed by atoms with van der Waals surface area (Å²) in [5.41, 5.74) is 0.0814. The fourth-order valence-electron chi connectivity index (χ4n) is 2.02. The van der Waals surface area contributed by atoms with Crippen LogP contribution in [0.15, 0.2) is 47.0 Å². The van der Waals surface area contributed by atoms with E-state index < -0.39 is 22.4 Å². The van der Waals surface area contributed by atoms with Gasteiger partial charge >= 0.3 is 5.97 Å². The first kappa shape index (κ1) is 17.5. The molecule has 10 heteroatoms. The second-order valence-electron chi connectivity index (χ2n) is 5.02. The highest BCUT2D eigenvalue weighted by Gasteiger charge is 2.18. The van der Waals surface area contributed by atoms with Crippen LogP contribution in [0.1, 0.15) is 16.2 Å². The van der Waals surface area contributed by atoms with Crippen LogP contribution in [0.5, 0.6) is 0 Å². The standard InChI is InChI=1S/C16H9ClFN3O5/c17-12-6-3-10(7-13(12)21(23)24)16(22)25-8-14-19-15(20-26-14)9-1-4-11(18)5-2-9/h1-7H,8H2. The number of nitro groups is 1. The molecule has 0 spiro atoms. The van der Waals surface area contributed by atoms with Crippen molar-refractivity contribution in [3.8, 4) is 11.4 Å². The first-order valence-electron chi connectivity index (χ1n) is 7.13. The van der Waals surface area contributed by atoms with Crippen LogP contribution in [-0.2, 0) is 11.3 Å². The Morgan fingerprint density at radius 3 is 2.69 bits per heavy atom. The van der Waals surface area contributed by atoms with Crippen LogP contribution in [-0.4, -0.2) is 21.0 Å². The summed E-state index contributed by atoms with van der Waals surface area (Å²) in [5, 5.41) is 14.5. The first-order chi connectivity index (χ1) is 12.4. The molecule has 2 aromatic carbocycles. The fraction of sp³-hybridized carbons (Fsp3) is 0.0625. The number of carbonyl (C=O) groups is 1. The van der Waals surface area contributed by atoms with E-state index in [1.54, 1.807) is 0 Å². The predicted octanol–water partition coefficient (Wildman–Crippen LogP) is 3.79. The van der Waals surface area contributed by atoms with Crippen LogP contribution in [0.25, 0.3) is 11.4 Å². The third kappa shape index (κ3) is 3.83. The van der Waals surface area contributed by atoms with E-state index in [-0.39, 0.29) is 28.9 Å². The van der Waals surface area contributed by atoms with Crippen molar-refractivity contribution >= 4 is 23.3 Å². The molecule has 0 aliphatic carbocycles. The minimum atomic E-state index is -0.814. The van der Waals surface area contributed by atoms with Gasteiger partial charge in [-0.05, 0) is 36.4 Å². The molecule has 26 heavy (non-hydrogen) atoms. The Balaban J connectivity index is 1.68. The van der Waals surface area contributed by atoms with Gasteiger partial charge in [0.1, 0.15) is 10.8 Å². The maximum atomic E-state index is 12.9. The van der Waals surface area contributed by atoms with Crippen LogP contribution < -0.4 is 0 Å². The normalized spacial score (nSPS) is 10.5. The summed E-state index contributed by atoms with van der Waals surface area (Å²) in [5.74, 6) is -0.992. The molecule has 0 N–H and O–H groups in total. The average molecular weight is 378 g/mol. The molecular formula is C16H9ClFN3O5. The number of aromatic nitrogens is 2. The second-order valence-corrected chi connectivity index (χ2v) is 5.43. The maximum absolute atomic E-state index is 12.9. The van der Waals surface area contributed by atoms with E-state index in [2.05, 4.69) is 10.1 Å². The van der Waals surface area contributed by atoms with Crippen LogP contribution >= 0.6 is 11.6 Å². The first-order valence-corrected chi connectivity index (χ1v) is 7.51. The monoisotopic (exact) mass is 377 g/mol. The van der Waals surface area contributed by atoms with E-state index in [9.17, 15) is 19.3 Å². The Morgan fingerprint density at radius 1 is 1.27 bits per heavy atom. The summed E-state index contributed by atoms with van der Waals surface area (Å²) in [7, 11) is 0. The average Bonchev–Trinajstić information content (AvgIpc) is 3.09. The van der Waals surface area contributed by atoms with Crippen molar-refractivity contribution in [1.82, 2.24) is 10.1 Å². The molecule has 8 nitrogen and oxygen atoms in total. The fourth-order valence-corrected chi connectivity index (χ4v) is 2.21. The number of carbonyl (C=O) groups excluding carboxylic acids is 1. The third-order valence-electron chi connectivity index (χ3n) is 3.28. The van der Waals surface area contributed by atoms with Crippen LogP contribution in [0.4, 0.5) is 10.1 Å². The lowest BCUT2D eigenvalue weighted by Gasteiger charge is -2.02. The zero-order chi connectivity index (χ0) is 18.7. The number of rotatable bonds is 5. The number of nitro benzene ring substituents is 1. The highest BCUT2D eigenvalue weighted by molar-refractivity contribution is 6.32. The van der Waals surface area contributed by atoms with Gasteiger partial charge in [-0.3, -0.25) is 10.1 Å². The van der Waals surface area contributed by atoms with E-state index >= 15 is 0 Å². The summed E-state index contributed by atoms with van der Waals surface area (Å²) in [6.07, 6.45) is 0. The number of ether oxygens (including phenoxy) is 1. The molecule has 0 saturated carbocycles. The number of benzene rings is 2. The lowest BCUT2D eigenvalue weighted by atomic mass is 10.2. The summed E-state index contributed by atoms with van der Waals surface area (Å²) in [6.45, 7) is -0.330. The highest BCUT2D eigenvalue weighted by Crippen LogP contribution is 2.25. The van der Waals surface area contributed by atoms with Crippen molar-refractivity contribution in [2.24, 2.45) is 0 Å². The smallest absolute Gasteiger partial charge is 0.338 e. The van der Waals surface area contributed by atoms with Crippen molar-refractivity contribution in [3.63, 3.8) is 0 Å². The van der Waals surface area contributed by atoms with Crippen LogP contribution in [0.3, 0.4) is 0 Å². The Morgan fingerprint density at radius 2 is 2.00 bits per heavy atom. The van der Waals surface area contributed by atoms with E-state index in [0.29, 0.717) is 5.56 Å². The molecule has 3 rings (SSSR count). The summed E-state index contributed by atoms with van der Waals surface area (Å²) in [6, 6.07) is 9.00. The summed E-state index contributed by atoms with van der Waals surface area (Å²) < 4.78 is 22.9. The van der Waals surface area contributed by atoms with Gasteiger partial charge in [0.15, 0.2) is 6.61 Å². The van der Waals surface area contributed by atoms with Gasteiger partial charge in [-0.1, -0.05) is 16.8 Å². The molecule has 0 aliphatic rings. The largest absolute Gasteiger partial charge is 0.452 e. The van der Waals surface area contributed by atoms with Crippen molar-refractivity contribution in [2.75, 3.05) is 0 Å². The zero-order valence-corrected chi connectivity index (χ0v) is 13.6. The van der Waals surface area contributed by atoms with E-state index in [4.69, 9.17) is 20.9 Å². The molecule has 0 atom stereocenters. The Hall–Kier alpha value is -3.33. The SMILES string of the molecule is O=C(OCc1nc(-c2ccc(F)cc2)no1)c1ccc(Cl)c([N+](=O)[O-])c1. The molecule has 0 radical (unpaired) electrons. The molecule has 1 heterocycles. The number of hydrogen-bond acceptors (Lipinski definition) is 7. The van der Waals surface area contributed by atoms with Gasteiger partial charge in [0.2, 0.25) is 5.82 Å². The number of esters is 1. The van der Waals surface area contributed by atoms with Gasteiger partial charge in [0.05, 0.1) is 10.5 Å². The van der Waals surface area contributed by atoms with Crippen molar-refractivity contribution in [2.45, 2.75) is 6.61 Å². The number of hydrogen-bond donors (Lipinski definition) is 0. The lowest BCUT2D eigenvalue weighted by molar-refractivity contribution is -0.384. The Labute approximate surface area is 150 Å². The van der Waals surface area contributed by atoms with Gasteiger partial charge in [0.25, 0.3) is 11.6 Å². The molecule has 0 fully saturated rings. The quantitative estimate of drug-likeness (QED) is 0.378. The molecule has 1 aromatic heterocycles.